The largest absolute Gasteiger partial charge is 0.343 e. The molecule has 0 aliphatic carbocycles. The van der Waals surface area contributed by atoms with Crippen molar-refractivity contribution < 1.29 is 4.79 Å². The van der Waals surface area contributed by atoms with Gasteiger partial charge in [-0.1, -0.05) is 22.9 Å². The number of carbonyl (C=O) groups is 1. The maximum atomic E-state index is 12.6. The summed E-state index contributed by atoms with van der Waals surface area (Å²) in [6.07, 6.45) is 0. The number of hydrogen-bond donors (Lipinski definition) is 1. The average Bonchev–Trinajstić information content (AvgIpc) is 2.62. The van der Waals surface area contributed by atoms with Crippen LogP contribution in [-0.4, -0.2) is 23.0 Å². The van der Waals surface area contributed by atoms with Gasteiger partial charge in [-0.2, -0.15) is 4.98 Å². The molecule has 0 unspecified atom stereocenters. The van der Waals surface area contributed by atoms with Crippen LogP contribution in [0.3, 0.4) is 0 Å². The lowest BCUT2D eigenvalue weighted by atomic mass is 10.2. The van der Waals surface area contributed by atoms with Crippen molar-refractivity contribution in [3.05, 3.63) is 63.4 Å². The molecular weight excluding hydrogens is 394 g/mol. The van der Waals surface area contributed by atoms with E-state index in [0.29, 0.717) is 26.8 Å². The number of nitrogens with zero attached hydrogens (tertiary/aromatic N) is 2. The molecule has 1 amide bonds. The number of benzene rings is 2. The number of anilines is 2. The van der Waals surface area contributed by atoms with Gasteiger partial charge in [0.25, 0.3) is 11.5 Å². The third-order valence-corrected chi connectivity index (χ3v) is 5.62. The van der Waals surface area contributed by atoms with E-state index in [-0.39, 0.29) is 23.6 Å². The van der Waals surface area contributed by atoms with E-state index in [4.69, 9.17) is 11.6 Å². The number of halogens is 1. The summed E-state index contributed by atoms with van der Waals surface area (Å²) >= 11 is 7.34. The van der Waals surface area contributed by atoms with Crippen molar-refractivity contribution in [2.24, 2.45) is 0 Å². The Labute approximate surface area is 173 Å². The molecule has 1 aromatic heterocycles. The fourth-order valence-electron chi connectivity index (χ4n) is 3.09. The van der Waals surface area contributed by atoms with Crippen LogP contribution in [0.5, 0.6) is 0 Å². The van der Waals surface area contributed by atoms with Crippen LogP contribution in [-0.2, 0) is 0 Å². The predicted molar refractivity (Wildman–Crippen MR) is 118 cm³/mol. The molecule has 0 fully saturated rings. The molecule has 5 nitrogen and oxygen atoms in total. The monoisotopic (exact) mass is 415 g/mol. The van der Waals surface area contributed by atoms with E-state index in [9.17, 15) is 9.59 Å². The summed E-state index contributed by atoms with van der Waals surface area (Å²) in [4.78, 5) is 31.4. The summed E-state index contributed by atoms with van der Waals surface area (Å²) in [5.74, 6) is -0.262. The molecule has 0 saturated heterocycles. The fraction of sp³-hybridized carbons (Fsp3) is 0.286. The lowest BCUT2D eigenvalue weighted by molar-refractivity contribution is 0.102. The topological polar surface area (TPSA) is 62.3 Å². The molecule has 2 aromatic carbocycles. The number of fused-ring (bicyclic) bond motifs is 1. The van der Waals surface area contributed by atoms with Gasteiger partial charge in [-0.25, -0.2) is 0 Å². The molecule has 28 heavy (non-hydrogen) atoms. The third-order valence-electron chi connectivity index (χ3n) is 4.31. The van der Waals surface area contributed by atoms with Gasteiger partial charge >= 0.3 is 0 Å². The van der Waals surface area contributed by atoms with Gasteiger partial charge < -0.3 is 10.2 Å². The Morgan fingerprint density at radius 3 is 2.32 bits per heavy atom. The Bertz CT molecular complexity index is 1050. The first-order valence-electron chi connectivity index (χ1n) is 9.06. The van der Waals surface area contributed by atoms with Crippen molar-refractivity contribution in [2.45, 2.75) is 39.8 Å². The molecule has 1 heterocycles. The van der Waals surface area contributed by atoms with E-state index >= 15 is 0 Å². The zero-order valence-electron chi connectivity index (χ0n) is 16.2. The molecule has 3 rings (SSSR count). The van der Waals surface area contributed by atoms with Crippen molar-refractivity contribution in [1.29, 1.82) is 0 Å². The van der Waals surface area contributed by atoms with E-state index in [1.807, 2.05) is 6.07 Å². The molecule has 3 aromatic rings. The highest BCUT2D eigenvalue weighted by atomic mass is 35.5. The normalized spacial score (nSPS) is 11.2. The van der Waals surface area contributed by atoms with Gasteiger partial charge in [0.15, 0.2) is 5.13 Å². The van der Waals surface area contributed by atoms with Crippen LogP contribution in [0, 0.1) is 0 Å². The number of aromatic nitrogens is 1. The van der Waals surface area contributed by atoms with Crippen LogP contribution in [0.25, 0.3) is 10.1 Å². The molecule has 0 bridgehead atoms. The Morgan fingerprint density at radius 1 is 1.07 bits per heavy atom. The van der Waals surface area contributed by atoms with E-state index in [1.165, 1.54) is 11.3 Å². The van der Waals surface area contributed by atoms with Crippen molar-refractivity contribution in [3.8, 4) is 0 Å². The van der Waals surface area contributed by atoms with Crippen molar-refractivity contribution in [1.82, 2.24) is 4.98 Å². The van der Waals surface area contributed by atoms with Gasteiger partial charge in [0.05, 0.1) is 5.39 Å². The number of nitrogens with one attached hydrogen (secondary N) is 1. The molecule has 146 valence electrons. The summed E-state index contributed by atoms with van der Waals surface area (Å²) in [6.45, 7) is 8.33. The maximum Gasteiger partial charge on any atom is 0.281 e. The Morgan fingerprint density at radius 2 is 1.71 bits per heavy atom. The Hall–Kier alpha value is -2.44. The maximum absolute atomic E-state index is 12.6. The van der Waals surface area contributed by atoms with E-state index in [1.54, 1.807) is 36.4 Å². The molecule has 0 aliphatic heterocycles. The second kappa shape index (κ2) is 8.29. The standard InChI is InChI=1S/C21H22ClN3O2S/c1-12(2)25(13(3)4)21-24-20(27)17-11-16(9-10-18(17)28-21)23-19(26)14-5-7-15(22)8-6-14/h5-13H,1-4H3,(H,23,26). The minimum atomic E-state index is -0.294. The molecule has 7 heteroatoms. The van der Waals surface area contributed by atoms with Crippen molar-refractivity contribution in [2.75, 3.05) is 10.2 Å². The highest BCUT2D eigenvalue weighted by molar-refractivity contribution is 7.21. The summed E-state index contributed by atoms with van der Waals surface area (Å²) in [7, 11) is 0. The van der Waals surface area contributed by atoms with Crippen LogP contribution < -0.4 is 15.8 Å². The summed E-state index contributed by atoms with van der Waals surface area (Å²) in [6, 6.07) is 12.4. The molecule has 0 atom stereocenters. The van der Waals surface area contributed by atoms with Gasteiger partial charge in [0.2, 0.25) is 0 Å². The van der Waals surface area contributed by atoms with E-state index in [0.717, 1.165) is 4.70 Å². The Kier molecular flexibility index (Phi) is 6.01. The van der Waals surface area contributed by atoms with E-state index < -0.39 is 0 Å². The quantitative estimate of drug-likeness (QED) is 0.623. The van der Waals surface area contributed by atoms with Crippen LogP contribution in [0.4, 0.5) is 10.8 Å². The third kappa shape index (κ3) is 4.34. The second-order valence-electron chi connectivity index (χ2n) is 7.07. The minimum Gasteiger partial charge on any atom is -0.343 e. The fourth-order valence-corrected chi connectivity index (χ4v) is 4.46. The number of amides is 1. The lowest BCUT2D eigenvalue weighted by Crippen LogP contribution is -2.38. The van der Waals surface area contributed by atoms with Gasteiger partial charge in [-0.3, -0.25) is 9.59 Å². The second-order valence-corrected chi connectivity index (χ2v) is 8.51. The van der Waals surface area contributed by atoms with Crippen molar-refractivity contribution >= 4 is 49.7 Å². The molecule has 0 spiro atoms. The number of hydrogen-bond acceptors (Lipinski definition) is 5. The Balaban J connectivity index is 1.93. The van der Waals surface area contributed by atoms with Crippen LogP contribution >= 0.6 is 22.9 Å². The average molecular weight is 416 g/mol. The molecular formula is C21H22ClN3O2S. The number of carbonyl (C=O) groups excluding carboxylic acids is 1. The van der Waals surface area contributed by atoms with Gasteiger partial charge in [0.1, 0.15) is 0 Å². The van der Waals surface area contributed by atoms with Gasteiger partial charge in [0, 0.05) is 33.1 Å². The molecule has 0 saturated carbocycles. The lowest BCUT2D eigenvalue weighted by Gasteiger charge is -2.31. The van der Waals surface area contributed by atoms with Gasteiger partial charge in [-0.15, -0.1) is 0 Å². The summed E-state index contributed by atoms with van der Waals surface area (Å²) < 4.78 is 0.839. The zero-order valence-corrected chi connectivity index (χ0v) is 17.8. The molecule has 1 N–H and O–H groups in total. The van der Waals surface area contributed by atoms with Crippen LogP contribution in [0.15, 0.2) is 47.3 Å². The molecule has 0 aliphatic rings. The highest BCUT2D eigenvalue weighted by Crippen LogP contribution is 2.28. The number of rotatable bonds is 5. The molecule has 0 radical (unpaired) electrons. The first-order chi connectivity index (χ1) is 13.3. The van der Waals surface area contributed by atoms with E-state index in [2.05, 4.69) is 42.9 Å². The summed E-state index contributed by atoms with van der Waals surface area (Å²) in [5.41, 5.74) is 0.751. The first kappa shape index (κ1) is 20.3. The first-order valence-corrected chi connectivity index (χ1v) is 10.3. The van der Waals surface area contributed by atoms with Crippen LogP contribution in [0.2, 0.25) is 5.02 Å². The van der Waals surface area contributed by atoms with Crippen molar-refractivity contribution in [3.63, 3.8) is 0 Å². The smallest absolute Gasteiger partial charge is 0.281 e. The SMILES string of the molecule is CC(C)N(c1nc(=O)c2cc(NC(=O)c3ccc(Cl)cc3)ccc2s1)C(C)C. The predicted octanol–water partition coefficient (Wildman–Crippen LogP) is 5.19. The van der Waals surface area contributed by atoms with Gasteiger partial charge in [-0.05, 0) is 70.2 Å². The zero-order chi connectivity index (χ0) is 20.4. The highest BCUT2D eigenvalue weighted by Gasteiger charge is 2.18. The van der Waals surface area contributed by atoms with Crippen LogP contribution in [0.1, 0.15) is 38.1 Å². The summed E-state index contributed by atoms with van der Waals surface area (Å²) in [5, 5.41) is 4.59. The minimum absolute atomic E-state index is 0.235.